The number of aromatic carboxylic acids is 1. The molecule has 0 radical (unpaired) electrons. The van der Waals surface area contributed by atoms with Gasteiger partial charge in [0, 0.05) is 25.9 Å². The molecule has 1 atom stereocenters. The molecule has 1 saturated heterocycles. The van der Waals surface area contributed by atoms with Crippen molar-refractivity contribution in [2.75, 3.05) is 13.1 Å². The number of hydrogen-bond acceptors (Lipinski definition) is 3. The lowest BCUT2D eigenvalue weighted by Crippen LogP contribution is -2.45. The predicted molar refractivity (Wildman–Crippen MR) is 85.1 cm³/mol. The lowest BCUT2D eigenvalue weighted by Gasteiger charge is -2.26. The fourth-order valence-corrected chi connectivity index (χ4v) is 2.74. The first-order valence-corrected chi connectivity index (χ1v) is 8.00. The summed E-state index contributed by atoms with van der Waals surface area (Å²) in [5.74, 6) is -3.86. The summed E-state index contributed by atoms with van der Waals surface area (Å²) in [5, 5.41) is 11.6. The van der Waals surface area contributed by atoms with Gasteiger partial charge in [-0.25, -0.2) is 13.6 Å². The number of nitrogens with one attached hydrogen (secondary N) is 1. The van der Waals surface area contributed by atoms with E-state index in [-0.39, 0.29) is 37.4 Å². The number of carboxylic acid groups (broad SMARTS) is 1. The van der Waals surface area contributed by atoms with Crippen LogP contribution >= 0.6 is 0 Å². The van der Waals surface area contributed by atoms with Gasteiger partial charge in [-0.3, -0.25) is 9.69 Å². The summed E-state index contributed by atoms with van der Waals surface area (Å²) in [4.78, 5) is 24.8. The predicted octanol–water partition coefficient (Wildman–Crippen LogP) is 2.51. The molecule has 1 heterocycles. The zero-order valence-corrected chi connectivity index (χ0v) is 13.6. The Morgan fingerprint density at radius 2 is 1.92 bits per heavy atom. The molecule has 0 saturated carbocycles. The van der Waals surface area contributed by atoms with Gasteiger partial charge in [0.15, 0.2) is 0 Å². The average molecular weight is 340 g/mol. The molecule has 5 nitrogen and oxygen atoms in total. The Labute approximate surface area is 139 Å². The van der Waals surface area contributed by atoms with Crippen LogP contribution in [0, 0.1) is 0 Å². The molecule has 2 N–H and O–H groups in total. The summed E-state index contributed by atoms with van der Waals surface area (Å²) in [5.41, 5.74) is 0.965. The van der Waals surface area contributed by atoms with Gasteiger partial charge in [-0.15, -0.1) is 0 Å². The maximum Gasteiger partial charge on any atom is 0.335 e. The van der Waals surface area contributed by atoms with Crippen molar-refractivity contribution in [2.24, 2.45) is 0 Å². The highest BCUT2D eigenvalue weighted by Crippen LogP contribution is 2.28. The largest absolute Gasteiger partial charge is 0.478 e. The van der Waals surface area contributed by atoms with Crippen molar-refractivity contribution < 1.29 is 23.5 Å². The van der Waals surface area contributed by atoms with Crippen molar-refractivity contribution in [2.45, 2.75) is 44.7 Å². The van der Waals surface area contributed by atoms with Crippen molar-refractivity contribution in [1.29, 1.82) is 0 Å². The standard InChI is InChI=1S/C17H22F2N2O3/c1-12(21-9-2-7-17(18,19)8-10-21)15(22)20-11-13-3-5-14(6-4-13)16(23)24/h3-6,12H,2,7-11H2,1H3,(H,20,22)(H,23,24). The molecule has 1 aliphatic heterocycles. The van der Waals surface area contributed by atoms with Gasteiger partial charge in [0.25, 0.3) is 0 Å². The number of halogens is 2. The summed E-state index contributed by atoms with van der Waals surface area (Å²) in [6, 6.07) is 5.76. The molecule has 0 bridgehead atoms. The molecule has 1 aromatic carbocycles. The van der Waals surface area contributed by atoms with Crippen LogP contribution in [0.3, 0.4) is 0 Å². The molecular weight excluding hydrogens is 318 g/mol. The molecular formula is C17H22F2N2O3. The lowest BCUT2D eigenvalue weighted by molar-refractivity contribution is -0.126. The van der Waals surface area contributed by atoms with Crippen molar-refractivity contribution in [1.82, 2.24) is 10.2 Å². The van der Waals surface area contributed by atoms with Crippen molar-refractivity contribution in [3.8, 4) is 0 Å². The minimum atomic E-state index is -2.64. The van der Waals surface area contributed by atoms with E-state index >= 15 is 0 Å². The quantitative estimate of drug-likeness (QED) is 0.864. The highest BCUT2D eigenvalue weighted by molar-refractivity contribution is 5.87. The minimum Gasteiger partial charge on any atom is -0.478 e. The maximum atomic E-state index is 13.4. The van der Waals surface area contributed by atoms with Crippen molar-refractivity contribution >= 4 is 11.9 Å². The molecule has 1 aromatic rings. The summed E-state index contributed by atoms with van der Waals surface area (Å²) in [7, 11) is 0. The maximum absolute atomic E-state index is 13.4. The monoisotopic (exact) mass is 340 g/mol. The van der Waals surface area contributed by atoms with E-state index in [4.69, 9.17) is 5.11 Å². The van der Waals surface area contributed by atoms with Crippen LogP contribution in [0.5, 0.6) is 0 Å². The molecule has 1 amide bonds. The van der Waals surface area contributed by atoms with E-state index < -0.39 is 17.9 Å². The number of alkyl halides is 2. The van der Waals surface area contributed by atoms with E-state index in [9.17, 15) is 18.4 Å². The fraction of sp³-hybridized carbons (Fsp3) is 0.529. The molecule has 0 spiro atoms. The number of rotatable bonds is 5. The number of amides is 1. The molecule has 0 aliphatic carbocycles. The van der Waals surface area contributed by atoms with Gasteiger partial charge in [0.1, 0.15) is 0 Å². The number of carbonyl (C=O) groups excluding carboxylic acids is 1. The number of nitrogens with zero attached hydrogens (tertiary/aromatic N) is 1. The van der Waals surface area contributed by atoms with E-state index in [1.807, 2.05) is 0 Å². The topological polar surface area (TPSA) is 69.6 Å². The summed E-state index contributed by atoms with van der Waals surface area (Å²) >= 11 is 0. The van der Waals surface area contributed by atoms with Crippen LogP contribution < -0.4 is 5.32 Å². The van der Waals surface area contributed by atoms with Crippen LogP contribution in [0.4, 0.5) is 8.78 Å². The lowest BCUT2D eigenvalue weighted by atomic mass is 10.1. The third kappa shape index (κ3) is 4.99. The van der Waals surface area contributed by atoms with Crippen LogP contribution in [0.15, 0.2) is 24.3 Å². The number of benzene rings is 1. The SMILES string of the molecule is CC(C(=O)NCc1ccc(C(=O)O)cc1)N1CCCC(F)(F)CC1. The number of likely N-dealkylation sites (tertiary alicyclic amines) is 1. The van der Waals surface area contributed by atoms with Crippen LogP contribution in [0.1, 0.15) is 42.1 Å². The number of carbonyl (C=O) groups is 2. The molecule has 7 heteroatoms. The first kappa shape index (κ1) is 18.3. The van der Waals surface area contributed by atoms with E-state index in [1.54, 1.807) is 24.0 Å². The third-order valence-corrected chi connectivity index (χ3v) is 4.35. The fourth-order valence-electron chi connectivity index (χ4n) is 2.74. The molecule has 0 aromatic heterocycles. The van der Waals surface area contributed by atoms with Crippen LogP contribution in [0.2, 0.25) is 0 Å². The number of hydrogen-bond donors (Lipinski definition) is 2. The molecule has 24 heavy (non-hydrogen) atoms. The highest BCUT2D eigenvalue weighted by atomic mass is 19.3. The zero-order valence-electron chi connectivity index (χ0n) is 13.6. The minimum absolute atomic E-state index is 0.131. The van der Waals surface area contributed by atoms with Crippen molar-refractivity contribution in [3.63, 3.8) is 0 Å². The van der Waals surface area contributed by atoms with Crippen LogP contribution in [-0.4, -0.2) is 46.9 Å². The van der Waals surface area contributed by atoms with Crippen molar-refractivity contribution in [3.05, 3.63) is 35.4 Å². The number of carboxylic acids is 1. The molecule has 2 rings (SSSR count). The Balaban J connectivity index is 1.86. The Morgan fingerprint density at radius 1 is 1.25 bits per heavy atom. The van der Waals surface area contributed by atoms with E-state index in [0.717, 1.165) is 5.56 Å². The Hall–Kier alpha value is -2.02. The van der Waals surface area contributed by atoms with Crippen LogP contribution in [0.25, 0.3) is 0 Å². The third-order valence-electron chi connectivity index (χ3n) is 4.35. The Bertz CT molecular complexity index is 590. The van der Waals surface area contributed by atoms with Gasteiger partial charge in [-0.2, -0.15) is 0 Å². The van der Waals surface area contributed by atoms with Gasteiger partial charge in [-0.1, -0.05) is 12.1 Å². The second-order valence-corrected chi connectivity index (χ2v) is 6.14. The Kier molecular flexibility index (Phi) is 5.88. The van der Waals surface area contributed by atoms with E-state index in [1.165, 1.54) is 12.1 Å². The van der Waals surface area contributed by atoms with E-state index in [0.29, 0.717) is 13.0 Å². The zero-order chi connectivity index (χ0) is 17.7. The molecule has 1 unspecified atom stereocenters. The average Bonchev–Trinajstić information content (AvgIpc) is 2.73. The molecule has 1 fully saturated rings. The summed E-state index contributed by atoms with van der Waals surface area (Å²) in [6.45, 7) is 2.67. The second-order valence-electron chi connectivity index (χ2n) is 6.14. The van der Waals surface area contributed by atoms with E-state index in [2.05, 4.69) is 5.32 Å². The highest BCUT2D eigenvalue weighted by Gasteiger charge is 2.34. The normalized spacial score (nSPS) is 19.3. The van der Waals surface area contributed by atoms with Gasteiger partial charge in [0.2, 0.25) is 11.8 Å². The first-order chi connectivity index (χ1) is 11.3. The second kappa shape index (κ2) is 7.70. The summed E-state index contributed by atoms with van der Waals surface area (Å²) < 4.78 is 26.8. The smallest absolute Gasteiger partial charge is 0.335 e. The van der Waals surface area contributed by atoms with Crippen LogP contribution in [-0.2, 0) is 11.3 Å². The van der Waals surface area contributed by atoms with Gasteiger partial charge in [0.05, 0.1) is 11.6 Å². The van der Waals surface area contributed by atoms with Gasteiger partial charge >= 0.3 is 5.97 Å². The van der Waals surface area contributed by atoms with Gasteiger partial charge < -0.3 is 10.4 Å². The molecule has 132 valence electrons. The summed E-state index contributed by atoms with van der Waals surface area (Å²) in [6.07, 6.45) is 0.0241. The Morgan fingerprint density at radius 3 is 2.54 bits per heavy atom. The molecule has 1 aliphatic rings. The van der Waals surface area contributed by atoms with Gasteiger partial charge in [-0.05, 0) is 37.6 Å². The first-order valence-electron chi connectivity index (χ1n) is 8.00.